The molecule has 1 aliphatic heterocycles. The van der Waals surface area contributed by atoms with Gasteiger partial charge in [0.2, 0.25) is 0 Å². The Balaban J connectivity index is 2.01. The van der Waals surface area contributed by atoms with Gasteiger partial charge in [-0.3, -0.25) is 4.79 Å². The third kappa shape index (κ3) is 4.17. The monoisotopic (exact) mass is 335 g/mol. The molecular formula is C18H29N3O3. The highest BCUT2D eigenvalue weighted by molar-refractivity contribution is 6.00. The minimum Gasteiger partial charge on any atom is -0.462 e. The SMILES string of the molecule is CCCN1CCC(NC(=O)c2[nH]c(C)c(C(=O)OCC)c2C)CC1. The average molecular weight is 335 g/mol. The number of hydrogen-bond donors (Lipinski definition) is 2. The van der Waals surface area contributed by atoms with Gasteiger partial charge < -0.3 is 19.9 Å². The summed E-state index contributed by atoms with van der Waals surface area (Å²) in [5.41, 5.74) is 2.27. The van der Waals surface area contributed by atoms with E-state index in [1.807, 2.05) is 0 Å². The predicted molar refractivity (Wildman–Crippen MR) is 93.4 cm³/mol. The van der Waals surface area contributed by atoms with Crippen molar-refractivity contribution < 1.29 is 14.3 Å². The fourth-order valence-electron chi connectivity index (χ4n) is 3.36. The van der Waals surface area contributed by atoms with Crippen LogP contribution >= 0.6 is 0 Å². The Morgan fingerprint density at radius 2 is 1.92 bits per heavy atom. The van der Waals surface area contributed by atoms with E-state index in [0.29, 0.717) is 29.1 Å². The van der Waals surface area contributed by atoms with E-state index in [0.717, 1.165) is 38.9 Å². The second-order valence-corrected chi connectivity index (χ2v) is 6.43. The first-order chi connectivity index (χ1) is 11.5. The predicted octanol–water partition coefficient (Wildman–Crippen LogP) is 2.41. The van der Waals surface area contributed by atoms with Crippen LogP contribution in [0.2, 0.25) is 0 Å². The number of likely N-dealkylation sites (tertiary alicyclic amines) is 1. The molecule has 0 radical (unpaired) electrons. The maximum absolute atomic E-state index is 12.6. The summed E-state index contributed by atoms with van der Waals surface area (Å²) >= 11 is 0. The number of esters is 1. The molecule has 0 aliphatic carbocycles. The van der Waals surface area contributed by atoms with Gasteiger partial charge in [-0.15, -0.1) is 0 Å². The number of H-pyrrole nitrogens is 1. The number of carbonyl (C=O) groups is 2. The minimum atomic E-state index is -0.379. The fraction of sp³-hybridized carbons (Fsp3) is 0.667. The number of carbonyl (C=O) groups excluding carboxylic acids is 2. The highest BCUT2D eigenvalue weighted by atomic mass is 16.5. The van der Waals surface area contributed by atoms with Gasteiger partial charge in [0.05, 0.1) is 12.2 Å². The Kier molecular flexibility index (Phi) is 6.43. The zero-order chi connectivity index (χ0) is 17.7. The Labute approximate surface area is 143 Å². The fourth-order valence-corrected chi connectivity index (χ4v) is 3.36. The second-order valence-electron chi connectivity index (χ2n) is 6.43. The van der Waals surface area contributed by atoms with Crippen LogP contribution in [-0.4, -0.2) is 54.0 Å². The Bertz CT molecular complexity index is 587. The van der Waals surface area contributed by atoms with Crippen molar-refractivity contribution in [3.05, 3.63) is 22.5 Å². The number of ether oxygens (including phenoxy) is 1. The molecule has 0 bridgehead atoms. The van der Waals surface area contributed by atoms with Crippen molar-refractivity contribution in [2.75, 3.05) is 26.2 Å². The quantitative estimate of drug-likeness (QED) is 0.783. The number of nitrogens with one attached hydrogen (secondary N) is 2. The van der Waals surface area contributed by atoms with Crippen molar-refractivity contribution in [1.82, 2.24) is 15.2 Å². The molecule has 6 nitrogen and oxygen atoms in total. The molecule has 2 rings (SSSR count). The van der Waals surface area contributed by atoms with Gasteiger partial charge in [-0.25, -0.2) is 4.79 Å². The Morgan fingerprint density at radius 1 is 1.25 bits per heavy atom. The van der Waals surface area contributed by atoms with Gasteiger partial charge >= 0.3 is 5.97 Å². The van der Waals surface area contributed by atoms with Gasteiger partial charge in [0.15, 0.2) is 0 Å². The number of aryl methyl sites for hydroxylation is 1. The molecule has 1 amide bonds. The molecule has 134 valence electrons. The number of amides is 1. The van der Waals surface area contributed by atoms with Gasteiger partial charge in [-0.1, -0.05) is 6.92 Å². The van der Waals surface area contributed by atoms with Crippen molar-refractivity contribution in [2.24, 2.45) is 0 Å². The third-order valence-corrected chi connectivity index (χ3v) is 4.61. The lowest BCUT2D eigenvalue weighted by atomic mass is 10.0. The van der Waals surface area contributed by atoms with E-state index in [1.165, 1.54) is 0 Å². The van der Waals surface area contributed by atoms with Crippen molar-refractivity contribution in [1.29, 1.82) is 0 Å². The normalized spacial score (nSPS) is 16.2. The molecule has 2 heterocycles. The molecule has 0 aromatic carbocycles. The number of rotatable bonds is 6. The average Bonchev–Trinajstić information content (AvgIpc) is 2.84. The van der Waals surface area contributed by atoms with Crippen molar-refractivity contribution in [3.8, 4) is 0 Å². The number of nitrogens with zero attached hydrogens (tertiary/aromatic N) is 1. The number of aromatic amines is 1. The molecule has 1 aromatic rings. The van der Waals surface area contributed by atoms with E-state index < -0.39 is 0 Å². The molecule has 0 saturated carbocycles. The molecule has 1 aromatic heterocycles. The Hall–Kier alpha value is -1.82. The summed E-state index contributed by atoms with van der Waals surface area (Å²) in [5, 5.41) is 3.10. The van der Waals surface area contributed by atoms with Crippen molar-refractivity contribution >= 4 is 11.9 Å². The van der Waals surface area contributed by atoms with E-state index in [-0.39, 0.29) is 17.9 Å². The van der Waals surface area contributed by atoms with Crippen LogP contribution in [0.5, 0.6) is 0 Å². The van der Waals surface area contributed by atoms with Crippen molar-refractivity contribution in [3.63, 3.8) is 0 Å². The lowest BCUT2D eigenvalue weighted by Gasteiger charge is -2.32. The first kappa shape index (κ1) is 18.5. The summed E-state index contributed by atoms with van der Waals surface area (Å²) in [5.74, 6) is -0.518. The van der Waals surface area contributed by atoms with Gasteiger partial charge in [0.1, 0.15) is 5.69 Å². The van der Waals surface area contributed by atoms with Crippen LogP contribution in [0.3, 0.4) is 0 Å². The van der Waals surface area contributed by atoms with Crippen LogP contribution in [-0.2, 0) is 4.74 Å². The van der Waals surface area contributed by atoms with Crippen LogP contribution < -0.4 is 5.32 Å². The molecule has 1 aliphatic rings. The van der Waals surface area contributed by atoms with Crippen LogP contribution in [0.15, 0.2) is 0 Å². The topological polar surface area (TPSA) is 74.4 Å². The van der Waals surface area contributed by atoms with Crippen LogP contribution in [0.4, 0.5) is 0 Å². The van der Waals surface area contributed by atoms with Crippen LogP contribution in [0.25, 0.3) is 0 Å². The smallest absolute Gasteiger partial charge is 0.340 e. The van der Waals surface area contributed by atoms with Gasteiger partial charge in [-0.2, -0.15) is 0 Å². The molecule has 1 fully saturated rings. The van der Waals surface area contributed by atoms with Crippen LogP contribution in [0.1, 0.15) is 65.2 Å². The lowest BCUT2D eigenvalue weighted by Crippen LogP contribution is -2.45. The van der Waals surface area contributed by atoms with E-state index >= 15 is 0 Å². The zero-order valence-electron chi connectivity index (χ0n) is 15.2. The summed E-state index contributed by atoms with van der Waals surface area (Å²) in [6.45, 7) is 11.0. The highest BCUT2D eigenvalue weighted by Gasteiger charge is 2.25. The standard InChI is InChI=1S/C18H29N3O3/c1-5-9-21-10-7-14(8-11-21)20-17(22)16-12(3)15(13(4)19-16)18(23)24-6-2/h14,19H,5-11H2,1-4H3,(H,20,22). The summed E-state index contributed by atoms with van der Waals surface area (Å²) in [6, 6.07) is 0.194. The first-order valence-corrected chi connectivity index (χ1v) is 8.87. The van der Waals surface area contributed by atoms with E-state index in [1.54, 1.807) is 20.8 Å². The number of hydrogen-bond acceptors (Lipinski definition) is 4. The number of aromatic nitrogens is 1. The lowest BCUT2D eigenvalue weighted by molar-refractivity contribution is 0.0525. The maximum atomic E-state index is 12.6. The van der Waals surface area contributed by atoms with E-state index in [9.17, 15) is 9.59 Å². The number of piperidine rings is 1. The zero-order valence-corrected chi connectivity index (χ0v) is 15.2. The molecule has 2 N–H and O–H groups in total. The molecule has 6 heteroatoms. The molecule has 0 unspecified atom stereocenters. The highest BCUT2D eigenvalue weighted by Crippen LogP contribution is 2.20. The molecule has 0 atom stereocenters. The molecular weight excluding hydrogens is 306 g/mol. The second kappa shape index (κ2) is 8.33. The maximum Gasteiger partial charge on any atom is 0.340 e. The van der Waals surface area contributed by atoms with Crippen molar-refractivity contribution in [2.45, 2.75) is 53.0 Å². The molecule has 1 saturated heterocycles. The summed E-state index contributed by atoms with van der Waals surface area (Å²) in [7, 11) is 0. The van der Waals surface area contributed by atoms with Gasteiger partial charge in [-0.05, 0) is 52.1 Å². The molecule has 24 heavy (non-hydrogen) atoms. The van der Waals surface area contributed by atoms with Crippen LogP contribution in [0, 0.1) is 13.8 Å². The van der Waals surface area contributed by atoms with Gasteiger partial charge in [0, 0.05) is 24.8 Å². The van der Waals surface area contributed by atoms with E-state index in [4.69, 9.17) is 4.74 Å². The minimum absolute atomic E-state index is 0.139. The summed E-state index contributed by atoms with van der Waals surface area (Å²) < 4.78 is 5.07. The molecule has 0 spiro atoms. The summed E-state index contributed by atoms with van der Waals surface area (Å²) in [4.78, 5) is 30.1. The largest absolute Gasteiger partial charge is 0.462 e. The van der Waals surface area contributed by atoms with Gasteiger partial charge in [0.25, 0.3) is 5.91 Å². The Morgan fingerprint density at radius 3 is 2.50 bits per heavy atom. The first-order valence-electron chi connectivity index (χ1n) is 8.87. The summed E-state index contributed by atoms with van der Waals surface area (Å²) in [6.07, 6.45) is 3.10. The van der Waals surface area contributed by atoms with E-state index in [2.05, 4.69) is 22.1 Å². The third-order valence-electron chi connectivity index (χ3n) is 4.61.